The lowest BCUT2D eigenvalue weighted by Crippen LogP contribution is -1.88. The summed E-state index contributed by atoms with van der Waals surface area (Å²) in [4.78, 5) is 0. The predicted molar refractivity (Wildman–Crippen MR) is 66.6 cm³/mol. The summed E-state index contributed by atoms with van der Waals surface area (Å²) in [5.41, 5.74) is 0. The first-order chi connectivity index (χ1) is 7.00. The van der Waals surface area contributed by atoms with Crippen molar-refractivity contribution in [3.05, 3.63) is 36.4 Å². The highest BCUT2D eigenvalue weighted by molar-refractivity contribution is 7.85. The van der Waals surface area contributed by atoms with E-state index in [9.17, 15) is 8.42 Å². The summed E-state index contributed by atoms with van der Waals surface area (Å²) >= 11 is 0. The second-order valence-electron chi connectivity index (χ2n) is 1.89. The van der Waals surface area contributed by atoms with Gasteiger partial charge in [-0.3, -0.25) is 4.55 Å². The van der Waals surface area contributed by atoms with Gasteiger partial charge in [0.25, 0.3) is 10.1 Å². The molecule has 3 nitrogen and oxygen atoms in total. The quantitative estimate of drug-likeness (QED) is 0.701. The van der Waals surface area contributed by atoms with Crippen molar-refractivity contribution < 1.29 is 13.0 Å². The fraction of sp³-hybridized carbons (Fsp3) is 0.455. The van der Waals surface area contributed by atoms with E-state index in [1.165, 1.54) is 0 Å². The fourth-order valence-electron chi connectivity index (χ4n) is 0.385. The Kier molecular flexibility index (Phi) is 20.4. The Morgan fingerprint density at radius 2 is 0.800 bits per heavy atom. The zero-order valence-corrected chi connectivity index (χ0v) is 11.0. The summed E-state index contributed by atoms with van der Waals surface area (Å²) in [6, 6.07) is 12.0. The third-order valence-corrected chi connectivity index (χ3v) is 0.667. The first-order valence-electron chi connectivity index (χ1n) is 4.92. The normalized spacial score (nSPS) is 7.87. The van der Waals surface area contributed by atoms with Crippen molar-refractivity contribution in [3.8, 4) is 0 Å². The Bertz CT molecular complexity index is 232. The zero-order valence-electron chi connectivity index (χ0n) is 10.1. The van der Waals surface area contributed by atoms with E-state index < -0.39 is 10.1 Å². The molecular weight excluding hydrogens is 212 g/mol. The highest BCUT2D eigenvalue weighted by Gasteiger charge is 1.81. The maximum Gasteiger partial charge on any atom is 0.261 e. The smallest absolute Gasteiger partial charge is 0.261 e. The van der Waals surface area contributed by atoms with Crippen LogP contribution in [0.5, 0.6) is 0 Å². The molecule has 1 aromatic rings. The molecule has 0 atom stereocenters. The van der Waals surface area contributed by atoms with Crippen LogP contribution in [-0.2, 0) is 10.1 Å². The van der Waals surface area contributed by atoms with Gasteiger partial charge in [-0.1, -0.05) is 64.1 Å². The summed E-state index contributed by atoms with van der Waals surface area (Å²) in [7, 11) is -3.67. The van der Waals surface area contributed by atoms with Gasteiger partial charge >= 0.3 is 0 Å². The van der Waals surface area contributed by atoms with Crippen molar-refractivity contribution >= 4 is 10.1 Å². The molecule has 0 bridgehead atoms. The molecule has 0 heterocycles. The van der Waals surface area contributed by atoms with E-state index in [-0.39, 0.29) is 0 Å². The number of benzene rings is 1. The average molecular weight is 234 g/mol. The van der Waals surface area contributed by atoms with E-state index in [4.69, 9.17) is 4.55 Å². The van der Waals surface area contributed by atoms with Crippen LogP contribution >= 0.6 is 0 Å². The van der Waals surface area contributed by atoms with Crippen molar-refractivity contribution in [3.63, 3.8) is 0 Å². The molecule has 0 aliphatic heterocycles. The summed E-state index contributed by atoms with van der Waals surface area (Å²) in [6.45, 7) is 8.00. The van der Waals surface area contributed by atoms with E-state index in [2.05, 4.69) is 0 Å². The van der Waals surface area contributed by atoms with Crippen LogP contribution in [0.4, 0.5) is 0 Å². The highest BCUT2D eigenvalue weighted by Crippen LogP contribution is 1.79. The van der Waals surface area contributed by atoms with Gasteiger partial charge in [0.2, 0.25) is 0 Å². The highest BCUT2D eigenvalue weighted by atomic mass is 32.2. The summed E-state index contributed by atoms with van der Waals surface area (Å²) in [5.74, 6) is 0. The Balaban J connectivity index is -0.000000146. The second-order valence-corrected chi connectivity index (χ2v) is 3.35. The van der Waals surface area contributed by atoms with E-state index >= 15 is 0 Å². The molecule has 0 fully saturated rings. The SMILES string of the molecule is CC.CC.CS(=O)(=O)O.c1ccccc1. The molecule has 0 amide bonds. The van der Waals surface area contributed by atoms with Gasteiger partial charge in [-0.15, -0.1) is 0 Å². The average Bonchev–Trinajstić information content (AvgIpc) is 2.24. The molecule has 90 valence electrons. The van der Waals surface area contributed by atoms with Crippen molar-refractivity contribution in [1.29, 1.82) is 0 Å². The Hall–Kier alpha value is -0.870. The number of hydrogen-bond acceptors (Lipinski definition) is 2. The Morgan fingerprint density at radius 1 is 0.733 bits per heavy atom. The van der Waals surface area contributed by atoms with Crippen LogP contribution in [0.3, 0.4) is 0 Å². The lowest BCUT2D eigenvalue weighted by atomic mass is 10.4. The van der Waals surface area contributed by atoms with Crippen molar-refractivity contribution in [2.75, 3.05) is 6.26 Å². The lowest BCUT2D eigenvalue weighted by molar-refractivity contribution is 0.490. The van der Waals surface area contributed by atoms with Gasteiger partial charge in [-0.05, 0) is 0 Å². The first-order valence-corrected chi connectivity index (χ1v) is 6.77. The summed E-state index contributed by atoms with van der Waals surface area (Å²) in [5, 5.41) is 0. The Labute approximate surface area is 93.9 Å². The third-order valence-electron chi connectivity index (χ3n) is 0.667. The lowest BCUT2D eigenvalue weighted by Gasteiger charge is -1.69. The minimum atomic E-state index is -3.67. The standard InChI is InChI=1S/C6H6.2C2H6.CH4O3S/c1-2-4-6-5-3-1;2*1-2;1-5(2,3)4/h1-6H;2*1-2H3;1H3,(H,2,3,4). The molecule has 1 N–H and O–H groups in total. The molecule has 1 rings (SSSR count). The second kappa shape index (κ2) is 15.6. The van der Waals surface area contributed by atoms with Crippen LogP contribution in [0.15, 0.2) is 36.4 Å². The summed E-state index contributed by atoms with van der Waals surface area (Å²) < 4.78 is 25.9. The van der Waals surface area contributed by atoms with Crippen LogP contribution < -0.4 is 0 Å². The number of rotatable bonds is 0. The molecule has 0 saturated heterocycles. The van der Waals surface area contributed by atoms with E-state index in [0.717, 1.165) is 0 Å². The van der Waals surface area contributed by atoms with E-state index in [1.807, 2.05) is 64.1 Å². The van der Waals surface area contributed by atoms with Crippen LogP contribution in [0.2, 0.25) is 0 Å². The van der Waals surface area contributed by atoms with Gasteiger partial charge in [-0.2, -0.15) is 8.42 Å². The van der Waals surface area contributed by atoms with Gasteiger partial charge < -0.3 is 0 Å². The molecule has 15 heavy (non-hydrogen) atoms. The van der Waals surface area contributed by atoms with Crippen molar-refractivity contribution in [2.24, 2.45) is 0 Å². The monoisotopic (exact) mass is 234 g/mol. The molecule has 0 radical (unpaired) electrons. The number of hydrogen-bond donors (Lipinski definition) is 1. The largest absolute Gasteiger partial charge is 0.286 e. The van der Waals surface area contributed by atoms with E-state index in [1.54, 1.807) is 0 Å². The van der Waals surface area contributed by atoms with Crippen molar-refractivity contribution in [2.45, 2.75) is 27.7 Å². The molecule has 0 aromatic heterocycles. The van der Waals surface area contributed by atoms with Gasteiger partial charge in [0.1, 0.15) is 0 Å². The van der Waals surface area contributed by atoms with Crippen LogP contribution in [-0.4, -0.2) is 19.2 Å². The first kappa shape index (κ1) is 19.7. The third kappa shape index (κ3) is 61.8. The minimum Gasteiger partial charge on any atom is -0.286 e. The van der Waals surface area contributed by atoms with Gasteiger partial charge in [-0.25, -0.2) is 0 Å². The van der Waals surface area contributed by atoms with Gasteiger partial charge in [0, 0.05) is 0 Å². The van der Waals surface area contributed by atoms with Gasteiger partial charge in [0.05, 0.1) is 6.26 Å². The molecular formula is C11H22O3S. The molecule has 0 unspecified atom stereocenters. The molecule has 0 aliphatic rings. The van der Waals surface area contributed by atoms with Crippen LogP contribution in [0.25, 0.3) is 0 Å². The topological polar surface area (TPSA) is 54.4 Å². The van der Waals surface area contributed by atoms with Crippen LogP contribution in [0.1, 0.15) is 27.7 Å². The molecule has 0 saturated carbocycles. The maximum absolute atomic E-state index is 9.19. The predicted octanol–water partition coefficient (Wildman–Crippen LogP) is 3.24. The molecule has 0 spiro atoms. The minimum absolute atomic E-state index is 0.715. The molecule has 0 aliphatic carbocycles. The molecule has 1 aromatic carbocycles. The maximum atomic E-state index is 9.19. The molecule has 4 heteroatoms. The van der Waals surface area contributed by atoms with E-state index in [0.29, 0.717) is 6.26 Å². The fourth-order valence-corrected chi connectivity index (χ4v) is 0.385. The van der Waals surface area contributed by atoms with Crippen LogP contribution in [0, 0.1) is 0 Å². The van der Waals surface area contributed by atoms with Gasteiger partial charge in [0.15, 0.2) is 0 Å². The Morgan fingerprint density at radius 3 is 0.867 bits per heavy atom. The van der Waals surface area contributed by atoms with Crippen molar-refractivity contribution in [1.82, 2.24) is 0 Å². The summed E-state index contributed by atoms with van der Waals surface area (Å²) in [6.07, 6.45) is 0.715. The zero-order chi connectivity index (χ0) is 12.7.